The molecular formula is C14H15FN4O2S3. The van der Waals surface area contributed by atoms with E-state index in [4.69, 9.17) is 18.0 Å². The lowest BCUT2D eigenvalue weighted by molar-refractivity contribution is -0.120. The van der Waals surface area contributed by atoms with Crippen molar-refractivity contribution < 1.29 is 14.0 Å². The number of carbonyl (C=O) groups excluding carboxylic acids is 2. The van der Waals surface area contributed by atoms with Crippen molar-refractivity contribution in [2.45, 2.75) is 23.4 Å². The van der Waals surface area contributed by atoms with Gasteiger partial charge in [-0.15, -0.1) is 5.10 Å². The molecule has 0 aliphatic heterocycles. The van der Waals surface area contributed by atoms with Crippen LogP contribution in [0.3, 0.4) is 0 Å². The monoisotopic (exact) mass is 386 g/mol. The highest BCUT2D eigenvalue weighted by atomic mass is 32.2. The fraction of sp³-hybridized carbons (Fsp3) is 0.286. The van der Waals surface area contributed by atoms with Gasteiger partial charge in [-0.25, -0.2) is 13.9 Å². The number of halogens is 1. The average Bonchev–Trinajstić information content (AvgIpc) is 2.85. The summed E-state index contributed by atoms with van der Waals surface area (Å²) in [4.78, 5) is 22.9. The van der Waals surface area contributed by atoms with E-state index in [1.54, 1.807) is 12.1 Å². The van der Waals surface area contributed by atoms with Gasteiger partial charge in [0.1, 0.15) is 5.82 Å². The molecule has 0 saturated carbocycles. The molecule has 1 atom stereocenters. The average molecular weight is 386 g/mol. The Morgan fingerprint density at radius 3 is 2.54 bits per heavy atom. The maximum Gasteiger partial charge on any atom is 0.318 e. The molecule has 2 aromatic rings. The first-order valence-electron chi connectivity index (χ1n) is 6.91. The van der Waals surface area contributed by atoms with E-state index in [0.29, 0.717) is 14.0 Å². The first kappa shape index (κ1) is 18.6. The Hall–Kier alpha value is -1.78. The Labute approximate surface area is 151 Å². The maximum atomic E-state index is 13.0. The number of hydrogen-bond donors (Lipinski definition) is 2. The molecule has 0 spiro atoms. The topological polar surface area (TPSA) is 90.0 Å². The van der Waals surface area contributed by atoms with Gasteiger partial charge in [0, 0.05) is 0 Å². The molecule has 0 bridgehead atoms. The fourth-order valence-corrected chi connectivity index (χ4v) is 4.42. The number of thioether (sulfide) groups is 1. The number of benzene rings is 1. The smallest absolute Gasteiger partial charge is 0.318 e. The molecule has 6 nitrogen and oxygen atoms in total. The number of urea groups is 1. The van der Waals surface area contributed by atoms with E-state index in [0.717, 1.165) is 0 Å². The molecule has 0 aliphatic carbocycles. The molecule has 3 N–H and O–H groups in total. The molecule has 3 amide bonds. The predicted molar refractivity (Wildman–Crippen MR) is 94.4 cm³/mol. The van der Waals surface area contributed by atoms with Crippen molar-refractivity contribution in [1.29, 1.82) is 0 Å². The van der Waals surface area contributed by atoms with Crippen LogP contribution < -0.4 is 11.1 Å². The van der Waals surface area contributed by atoms with E-state index >= 15 is 0 Å². The quantitative estimate of drug-likeness (QED) is 0.609. The van der Waals surface area contributed by atoms with Gasteiger partial charge in [0.05, 0.1) is 10.9 Å². The van der Waals surface area contributed by atoms with Gasteiger partial charge < -0.3 is 5.73 Å². The molecule has 24 heavy (non-hydrogen) atoms. The minimum atomic E-state index is -0.893. The first-order chi connectivity index (χ1) is 11.3. The number of aromatic nitrogens is 2. The van der Waals surface area contributed by atoms with Crippen molar-refractivity contribution in [3.63, 3.8) is 0 Å². The van der Waals surface area contributed by atoms with Crippen molar-refractivity contribution in [1.82, 2.24) is 15.1 Å². The van der Waals surface area contributed by atoms with Crippen LogP contribution in [0.4, 0.5) is 9.18 Å². The summed E-state index contributed by atoms with van der Waals surface area (Å²) in [5.41, 5.74) is 5.63. The number of nitrogens with zero attached hydrogens (tertiary/aromatic N) is 2. The first-order valence-corrected chi connectivity index (χ1v) is 9.01. The van der Waals surface area contributed by atoms with Crippen LogP contribution >= 0.6 is 35.3 Å². The third-order valence-corrected chi connectivity index (χ3v) is 5.80. The van der Waals surface area contributed by atoms with Gasteiger partial charge in [0.2, 0.25) is 5.91 Å². The molecule has 1 aromatic heterocycles. The van der Waals surface area contributed by atoms with Crippen LogP contribution in [0, 0.1) is 15.7 Å². The van der Waals surface area contributed by atoms with E-state index in [1.165, 1.54) is 39.9 Å². The lowest BCUT2D eigenvalue weighted by atomic mass is 10.1. The number of carbonyl (C=O) groups is 2. The van der Waals surface area contributed by atoms with Crippen molar-refractivity contribution in [3.8, 4) is 5.69 Å². The van der Waals surface area contributed by atoms with Gasteiger partial charge in [-0.3, -0.25) is 10.1 Å². The molecule has 128 valence electrons. The zero-order valence-electron chi connectivity index (χ0n) is 12.9. The summed E-state index contributed by atoms with van der Waals surface area (Å²) in [6.45, 7) is 3.71. The van der Waals surface area contributed by atoms with Gasteiger partial charge in [-0.1, -0.05) is 36.9 Å². The Morgan fingerprint density at radius 2 is 2.00 bits per heavy atom. The molecule has 10 heteroatoms. The van der Waals surface area contributed by atoms with E-state index in [-0.39, 0.29) is 11.7 Å². The number of nitrogens with two attached hydrogens (primary N) is 1. The lowest BCUT2D eigenvalue weighted by Crippen LogP contribution is -2.42. The SMILES string of the molecule is CC(C)[C@@H](Sc1nn(-c2ccc(F)cc2)c(=S)s1)C(=O)NC(N)=O. The highest BCUT2D eigenvalue weighted by molar-refractivity contribution is 8.02. The number of amides is 3. The molecule has 2 rings (SSSR count). The van der Waals surface area contributed by atoms with Crippen LogP contribution in [0.2, 0.25) is 0 Å². The standard InChI is InChI=1S/C14H15FN4O2S3/c1-7(2)10(11(20)17-12(16)21)23-13-18-19(14(22)24-13)9-5-3-8(15)4-6-9/h3-7,10H,1-2H3,(H3,16,17,20,21)/t10-/m1/s1. The van der Waals surface area contributed by atoms with Crippen molar-refractivity contribution in [2.24, 2.45) is 11.7 Å². The predicted octanol–water partition coefficient (Wildman–Crippen LogP) is 3.11. The zero-order chi connectivity index (χ0) is 17.9. The normalized spacial score (nSPS) is 12.2. The van der Waals surface area contributed by atoms with Gasteiger partial charge >= 0.3 is 6.03 Å². The van der Waals surface area contributed by atoms with Crippen LogP contribution in [0.1, 0.15) is 13.8 Å². The minimum Gasteiger partial charge on any atom is -0.351 e. The van der Waals surface area contributed by atoms with Gasteiger partial charge in [0.15, 0.2) is 8.29 Å². The number of primary amides is 1. The fourth-order valence-electron chi connectivity index (χ4n) is 1.85. The number of hydrogen-bond acceptors (Lipinski definition) is 6. The number of rotatable bonds is 5. The second-order valence-corrected chi connectivity index (χ2v) is 8.17. The Morgan fingerprint density at radius 1 is 1.38 bits per heavy atom. The molecule has 1 heterocycles. The maximum absolute atomic E-state index is 13.0. The van der Waals surface area contributed by atoms with Crippen LogP contribution in [-0.2, 0) is 4.79 Å². The summed E-state index contributed by atoms with van der Waals surface area (Å²) < 4.78 is 15.6. The van der Waals surface area contributed by atoms with Crippen molar-refractivity contribution in [2.75, 3.05) is 0 Å². The molecule has 0 aliphatic rings. The van der Waals surface area contributed by atoms with E-state index in [1.807, 2.05) is 13.8 Å². The van der Waals surface area contributed by atoms with E-state index in [9.17, 15) is 14.0 Å². The lowest BCUT2D eigenvalue weighted by Gasteiger charge is -2.17. The van der Waals surface area contributed by atoms with E-state index in [2.05, 4.69) is 10.4 Å². The van der Waals surface area contributed by atoms with Crippen LogP contribution in [0.15, 0.2) is 28.6 Å². The summed E-state index contributed by atoms with van der Waals surface area (Å²) in [6, 6.07) is 4.88. The molecule has 0 unspecified atom stereocenters. The van der Waals surface area contributed by atoms with Crippen LogP contribution in [0.5, 0.6) is 0 Å². The second-order valence-electron chi connectivity index (χ2n) is 5.16. The second kappa shape index (κ2) is 7.86. The molecule has 0 radical (unpaired) electrons. The highest BCUT2D eigenvalue weighted by Crippen LogP contribution is 2.31. The molecular weight excluding hydrogens is 371 g/mol. The zero-order valence-corrected chi connectivity index (χ0v) is 15.3. The third kappa shape index (κ3) is 4.62. The van der Waals surface area contributed by atoms with Gasteiger partial charge in [-0.2, -0.15) is 0 Å². The third-order valence-electron chi connectivity index (χ3n) is 2.94. The van der Waals surface area contributed by atoms with Crippen LogP contribution in [-0.4, -0.2) is 27.0 Å². The summed E-state index contributed by atoms with van der Waals surface area (Å²) in [7, 11) is 0. The minimum absolute atomic E-state index is 0.0499. The summed E-state index contributed by atoms with van der Waals surface area (Å²) >= 11 is 7.72. The Balaban J connectivity index is 2.24. The number of imide groups is 1. The van der Waals surface area contributed by atoms with Crippen molar-refractivity contribution >= 4 is 47.3 Å². The molecule has 1 aromatic carbocycles. The van der Waals surface area contributed by atoms with Crippen molar-refractivity contribution in [3.05, 3.63) is 34.0 Å². The Kier molecular flexibility index (Phi) is 6.08. The molecule has 0 fully saturated rings. The molecule has 0 saturated heterocycles. The largest absolute Gasteiger partial charge is 0.351 e. The van der Waals surface area contributed by atoms with Gasteiger partial charge in [-0.05, 0) is 42.4 Å². The summed E-state index contributed by atoms with van der Waals surface area (Å²) in [5, 5.41) is 5.91. The number of nitrogens with one attached hydrogen (secondary N) is 1. The van der Waals surface area contributed by atoms with Gasteiger partial charge in [0.25, 0.3) is 0 Å². The summed E-state index contributed by atoms with van der Waals surface area (Å²) in [6.07, 6.45) is 0. The summed E-state index contributed by atoms with van der Waals surface area (Å²) in [5.74, 6) is -0.874. The Bertz CT molecular complexity index is 801. The highest BCUT2D eigenvalue weighted by Gasteiger charge is 2.26. The van der Waals surface area contributed by atoms with Crippen LogP contribution in [0.25, 0.3) is 5.69 Å². The van der Waals surface area contributed by atoms with E-state index < -0.39 is 17.2 Å².